The third kappa shape index (κ3) is 3.72. The van der Waals surface area contributed by atoms with Gasteiger partial charge in [-0.25, -0.2) is 8.42 Å². The molecule has 112 valence electrons. The van der Waals surface area contributed by atoms with Crippen LogP contribution in [-0.4, -0.2) is 31.2 Å². The van der Waals surface area contributed by atoms with E-state index in [1.54, 1.807) is 0 Å². The van der Waals surface area contributed by atoms with E-state index in [-0.39, 0.29) is 23.0 Å². The molecule has 1 heterocycles. The molecule has 0 saturated carbocycles. The first kappa shape index (κ1) is 14.9. The summed E-state index contributed by atoms with van der Waals surface area (Å²) in [5.41, 5.74) is 6.27. The number of likely N-dealkylation sites (N-methyl/N-ethyl adjacent to an activating group) is 1. The molecule has 0 unspecified atom stereocenters. The number of carbonyl (C=O) groups is 1. The fourth-order valence-electron chi connectivity index (χ4n) is 1.59. The first-order valence-electron chi connectivity index (χ1n) is 6.02. The maximum absolute atomic E-state index is 12.1. The van der Waals surface area contributed by atoms with Gasteiger partial charge in [0.15, 0.2) is 0 Å². The van der Waals surface area contributed by atoms with Gasteiger partial charge in [-0.3, -0.25) is 14.2 Å². The van der Waals surface area contributed by atoms with Gasteiger partial charge in [-0.15, -0.1) is 0 Å². The molecule has 0 atom stereocenters. The summed E-state index contributed by atoms with van der Waals surface area (Å²) < 4.78 is 28.0. The number of rotatable bonds is 5. The van der Waals surface area contributed by atoms with Crippen LogP contribution in [-0.2, 0) is 21.4 Å². The van der Waals surface area contributed by atoms with Crippen LogP contribution < -0.4 is 15.8 Å². The number of nitrogens with zero attached hydrogens (tertiary/aromatic N) is 2. The Balaban J connectivity index is 2.14. The molecule has 0 saturated heterocycles. The summed E-state index contributed by atoms with van der Waals surface area (Å²) in [5, 5.41) is 6.36. The first-order chi connectivity index (χ1) is 9.90. The van der Waals surface area contributed by atoms with Gasteiger partial charge in [-0.2, -0.15) is 5.10 Å². The van der Waals surface area contributed by atoms with Crippen LogP contribution in [0.2, 0.25) is 0 Å². The molecule has 2 aromatic rings. The number of sulfonamides is 1. The van der Waals surface area contributed by atoms with Crippen molar-refractivity contribution in [3.8, 4) is 0 Å². The number of nitrogens with one attached hydrogen (secondary N) is 2. The molecule has 0 aliphatic carbocycles. The number of carbonyl (C=O) groups excluding carboxylic acids is 1. The molecule has 2 rings (SSSR count). The molecule has 1 amide bonds. The van der Waals surface area contributed by atoms with E-state index in [2.05, 4.69) is 15.1 Å². The minimum atomic E-state index is -3.71. The fraction of sp³-hybridized carbons (Fsp3) is 0.167. The van der Waals surface area contributed by atoms with Crippen molar-refractivity contribution < 1.29 is 13.2 Å². The second-order valence-corrected chi connectivity index (χ2v) is 5.96. The Hall–Kier alpha value is -2.55. The van der Waals surface area contributed by atoms with Crippen molar-refractivity contribution in [1.82, 2.24) is 15.1 Å². The SMILES string of the molecule is CNC(=O)Cn1cc(NS(=O)(=O)c2ccc(N)cc2)cn1. The van der Waals surface area contributed by atoms with Crippen LogP contribution in [0.4, 0.5) is 11.4 Å². The molecule has 9 heteroatoms. The lowest BCUT2D eigenvalue weighted by Gasteiger charge is -2.06. The van der Waals surface area contributed by atoms with E-state index in [0.29, 0.717) is 5.69 Å². The molecule has 1 aromatic heterocycles. The van der Waals surface area contributed by atoms with E-state index in [0.717, 1.165) is 0 Å². The Labute approximate surface area is 122 Å². The molecule has 0 aliphatic heterocycles. The fourth-order valence-corrected chi connectivity index (χ4v) is 2.62. The highest BCUT2D eigenvalue weighted by Gasteiger charge is 2.15. The second-order valence-electron chi connectivity index (χ2n) is 4.27. The molecular weight excluding hydrogens is 294 g/mol. The van der Waals surface area contributed by atoms with Crippen molar-refractivity contribution >= 4 is 27.3 Å². The monoisotopic (exact) mass is 309 g/mol. The van der Waals surface area contributed by atoms with Crippen molar-refractivity contribution in [2.75, 3.05) is 17.5 Å². The van der Waals surface area contributed by atoms with Gasteiger partial charge in [0.05, 0.1) is 16.8 Å². The number of hydrogen-bond acceptors (Lipinski definition) is 5. The van der Waals surface area contributed by atoms with Gasteiger partial charge in [-0.1, -0.05) is 0 Å². The summed E-state index contributed by atoms with van der Waals surface area (Å²) in [7, 11) is -2.20. The zero-order valence-corrected chi connectivity index (χ0v) is 12.1. The topological polar surface area (TPSA) is 119 Å². The molecule has 8 nitrogen and oxygen atoms in total. The predicted octanol–water partition coefficient (Wildman–Crippen LogP) is 0.0121. The van der Waals surface area contributed by atoms with Gasteiger partial charge in [-0.05, 0) is 24.3 Å². The number of anilines is 2. The van der Waals surface area contributed by atoms with Gasteiger partial charge in [0.1, 0.15) is 6.54 Å². The van der Waals surface area contributed by atoms with Crippen molar-refractivity contribution in [3.63, 3.8) is 0 Å². The summed E-state index contributed by atoms with van der Waals surface area (Å²) in [6, 6.07) is 5.83. The van der Waals surface area contributed by atoms with Crippen molar-refractivity contribution in [2.24, 2.45) is 0 Å². The molecule has 0 fully saturated rings. The van der Waals surface area contributed by atoms with E-state index in [1.807, 2.05) is 0 Å². The minimum Gasteiger partial charge on any atom is -0.399 e. The van der Waals surface area contributed by atoms with Crippen molar-refractivity contribution in [2.45, 2.75) is 11.4 Å². The number of amides is 1. The Morgan fingerprint density at radius 1 is 1.33 bits per heavy atom. The molecule has 1 aromatic carbocycles. The summed E-state index contributed by atoms with van der Waals surface area (Å²) in [6.07, 6.45) is 2.77. The highest BCUT2D eigenvalue weighted by molar-refractivity contribution is 7.92. The Morgan fingerprint density at radius 2 is 2.00 bits per heavy atom. The van der Waals surface area contributed by atoms with E-state index >= 15 is 0 Å². The molecule has 0 aliphatic rings. The number of hydrogen-bond donors (Lipinski definition) is 3. The molecule has 21 heavy (non-hydrogen) atoms. The maximum Gasteiger partial charge on any atom is 0.261 e. The highest BCUT2D eigenvalue weighted by Crippen LogP contribution is 2.16. The van der Waals surface area contributed by atoms with E-state index < -0.39 is 10.0 Å². The van der Waals surface area contributed by atoms with Gasteiger partial charge in [0, 0.05) is 18.9 Å². The molecule has 0 radical (unpaired) electrons. The molecule has 0 bridgehead atoms. The standard InChI is InChI=1S/C12H15N5O3S/c1-14-12(18)8-17-7-10(6-15-17)16-21(19,20)11-4-2-9(13)3-5-11/h2-7,16H,8,13H2,1H3,(H,14,18). The number of nitrogen functional groups attached to an aromatic ring is 1. The van der Waals surface area contributed by atoms with Crippen LogP contribution in [0.5, 0.6) is 0 Å². The zero-order chi connectivity index (χ0) is 15.5. The summed E-state index contributed by atoms with van der Waals surface area (Å²) >= 11 is 0. The van der Waals surface area contributed by atoms with Crippen molar-refractivity contribution in [3.05, 3.63) is 36.7 Å². The van der Waals surface area contributed by atoms with Crippen LogP contribution in [0, 0.1) is 0 Å². The largest absolute Gasteiger partial charge is 0.399 e. The Kier molecular flexibility index (Phi) is 4.13. The van der Waals surface area contributed by atoms with Crippen LogP contribution in [0.1, 0.15) is 0 Å². The number of aromatic nitrogens is 2. The highest BCUT2D eigenvalue weighted by atomic mass is 32.2. The Morgan fingerprint density at radius 3 is 2.62 bits per heavy atom. The Bertz CT molecular complexity index is 737. The number of nitrogens with two attached hydrogens (primary N) is 1. The lowest BCUT2D eigenvalue weighted by Crippen LogP contribution is -2.23. The van der Waals surface area contributed by atoms with Crippen LogP contribution in [0.3, 0.4) is 0 Å². The van der Waals surface area contributed by atoms with E-state index in [9.17, 15) is 13.2 Å². The van der Waals surface area contributed by atoms with Gasteiger partial charge < -0.3 is 11.1 Å². The molecule has 0 spiro atoms. The van der Waals surface area contributed by atoms with Gasteiger partial charge in [0.2, 0.25) is 5.91 Å². The lowest BCUT2D eigenvalue weighted by atomic mass is 10.3. The number of benzene rings is 1. The lowest BCUT2D eigenvalue weighted by molar-refractivity contribution is -0.121. The molecule has 4 N–H and O–H groups in total. The average molecular weight is 309 g/mol. The smallest absolute Gasteiger partial charge is 0.261 e. The van der Waals surface area contributed by atoms with Crippen LogP contribution in [0.15, 0.2) is 41.6 Å². The van der Waals surface area contributed by atoms with E-state index in [1.165, 1.54) is 48.4 Å². The quantitative estimate of drug-likeness (QED) is 0.672. The summed E-state index contributed by atoms with van der Waals surface area (Å²) in [6.45, 7) is 0.0140. The second kappa shape index (κ2) is 5.83. The van der Waals surface area contributed by atoms with Crippen LogP contribution in [0.25, 0.3) is 0 Å². The van der Waals surface area contributed by atoms with Crippen LogP contribution >= 0.6 is 0 Å². The summed E-state index contributed by atoms with van der Waals surface area (Å²) in [4.78, 5) is 11.3. The van der Waals surface area contributed by atoms with Gasteiger partial charge >= 0.3 is 0 Å². The van der Waals surface area contributed by atoms with Gasteiger partial charge in [0.25, 0.3) is 10.0 Å². The maximum atomic E-state index is 12.1. The first-order valence-corrected chi connectivity index (χ1v) is 7.50. The normalized spacial score (nSPS) is 11.1. The predicted molar refractivity (Wildman–Crippen MR) is 78.0 cm³/mol. The van der Waals surface area contributed by atoms with E-state index in [4.69, 9.17) is 5.73 Å². The summed E-state index contributed by atoms with van der Waals surface area (Å²) in [5.74, 6) is -0.231. The average Bonchev–Trinajstić information content (AvgIpc) is 2.85. The van der Waals surface area contributed by atoms with Crippen molar-refractivity contribution in [1.29, 1.82) is 0 Å². The zero-order valence-electron chi connectivity index (χ0n) is 11.3. The molecular formula is C12H15N5O3S. The third-order valence-corrected chi connectivity index (χ3v) is 4.06. The third-order valence-electron chi connectivity index (χ3n) is 2.66. The minimum absolute atomic E-state index is 0.0140.